The van der Waals surface area contributed by atoms with E-state index in [4.69, 9.17) is 21.2 Å². The Kier molecular flexibility index (Phi) is 6.19. The van der Waals surface area contributed by atoms with Gasteiger partial charge in [0.05, 0.1) is 7.11 Å². The van der Waals surface area contributed by atoms with E-state index in [0.717, 1.165) is 22.4 Å². The average molecular weight is 432 g/mol. The van der Waals surface area contributed by atoms with Crippen LogP contribution in [0.5, 0.6) is 5.75 Å². The quantitative estimate of drug-likeness (QED) is 0.442. The monoisotopic (exact) mass is 431 g/mol. The molecule has 156 valence electrons. The van der Waals surface area contributed by atoms with Crippen molar-refractivity contribution in [2.45, 2.75) is 13.0 Å². The van der Waals surface area contributed by atoms with E-state index in [0.29, 0.717) is 16.3 Å². The molecule has 1 heterocycles. The molecule has 0 spiro atoms. The molecule has 4 nitrogen and oxygen atoms in total. The van der Waals surface area contributed by atoms with Crippen LogP contribution in [0.3, 0.4) is 0 Å². The number of halogens is 1. The van der Waals surface area contributed by atoms with Crippen LogP contribution in [0.25, 0.3) is 6.08 Å². The lowest BCUT2D eigenvalue weighted by molar-refractivity contribution is -0.120. The smallest absolute Gasteiger partial charge is 0.172 e. The Hall–Kier alpha value is -3.37. The van der Waals surface area contributed by atoms with Gasteiger partial charge in [-0.3, -0.25) is 4.79 Å². The first kappa shape index (κ1) is 20.9. The van der Waals surface area contributed by atoms with E-state index in [9.17, 15) is 4.79 Å². The van der Waals surface area contributed by atoms with Crippen LogP contribution in [0, 0.1) is 5.92 Å². The lowest BCUT2D eigenvalue weighted by Gasteiger charge is -2.19. The summed E-state index contributed by atoms with van der Waals surface area (Å²) in [6, 6.07) is 24.6. The number of carbonyl (C=O) groups is 1. The van der Waals surface area contributed by atoms with Gasteiger partial charge in [-0.05, 0) is 54.0 Å². The van der Waals surface area contributed by atoms with Gasteiger partial charge in [0.2, 0.25) is 0 Å². The molecule has 1 aliphatic heterocycles. The fourth-order valence-corrected chi connectivity index (χ4v) is 3.78. The summed E-state index contributed by atoms with van der Waals surface area (Å²) in [7, 11) is 1.62. The van der Waals surface area contributed by atoms with E-state index in [1.165, 1.54) is 0 Å². The van der Waals surface area contributed by atoms with Crippen molar-refractivity contribution in [1.29, 1.82) is 0 Å². The molecule has 3 aromatic rings. The van der Waals surface area contributed by atoms with Crippen LogP contribution in [0.1, 0.15) is 29.7 Å². The molecule has 1 aliphatic rings. The molecular formula is C26H22ClNO3. The normalized spacial score (nSPS) is 18.3. The Balaban J connectivity index is 1.71. The van der Waals surface area contributed by atoms with Gasteiger partial charge >= 0.3 is 0 Å². The van der Waals surface area contributed by atoms with Gasteiger partial charge in [0.1, 0.15) is 17.4 Å². The highest BCUT2D eigenvalue weighted by atomic mass is 35.5. The molecule has 4 rings (SSSR count). The molecule has 0 saturated heterocycles. The van der Waals surface area contributed by atoms with Crippen LogP contribution < -0.4 is 4.74 Å². The molecule has 0 N–H and O–H groups in total. The van der Waals surface area contributed by atoms with E-state index >= 15 is 0 Å². The van der Waals surface area contributed by atoms with Crippen molar-refractivity contribution >= 4 is 29.2 Å². The Morgan fingerprint density at radius 1 is 1.00 bits per heavy atom. The molecule has 31 heavy (non-hydrogen) atoms. The predicted octanol–water partition coefficient (Wildman–Crippen LogP) is 6.11. The zero-order chi connectivity index (χ0) is 21.8. The summed E-state index contributed by atoms with van der Waals surface area (Å²) in [4.78, 5) is 19.4. The molecule has 0 radical (unpaired) electrons. The standard InChI is InChI=1S/C26H22ClNO3/c1-17(16-18-6-4-3-5-7-18)25(29)23-24(19-8-12-21(27)13-9-19)28-31-26(23)20-10-14-22(30-2)15-11-20/h3-16,23,26H,1-2H3/b17-16+. The van der Waals surface area contributed by atoms with E-state index in [-0.39, 0.29) is 5.78 Å². The summed E-state index contributed by atoms with van der Waals surface area (Å²) in [6.07, 6.45) is 1.37. The maximum absolute atomic E-state index is 13.6. The highest BCUT2D eigenvalue weighted by Crippen LogP contribution is 2.38. The molecule has 2 atom stereocenters. The van der Waals surface area contributed by atoms with Gasteiger partial charge in [-0.25, -0.2) is 0 Å². The zero-order valence-corrected chi connectivity index (χ0v) is 18.0. The third-order valence-electron chi connectivity index (χ3n) is 5.30. The van der Waals surface area contributed by atoms with Crippen molar-refractivity contribution in [3.8, 4) is 5.75 Å². The molecule has 0 fully saturated rings. The molecule has 3 aromatic carbocycles. The summed E-state index contributed by atoms with van der Waals surface area (Å²) in [5.41, 5.74) is 3.88. The SMILES string of the molecule is COc1ccc(C2ON=C(c3ccc(Cl)cc3)C2C(=O)/C(C)=C/c2ccccc2)cc1. The number of methoxy groups -OCH3 is 1. The first-order valence-corrected chi connectivity index (χ1v) is 10.4. The van der Waals surface area contributed by atoms with Crippen molar-refractivity contribution < 1.29 is 14.4 Å². The van der Waals surface area contributed by atoms with E-state index < -0.39 is 12.0 Å². The number of ketones is 1. The third-order valence-corrected chi connectivity index (χ3v) is 5.55. The number of hydrogen-bond acceptors (Lipinski definition) is 4. The highest BCUT2D eigenvalue weighted by molar-refractivity contribution is 6.30. The molecule has 5 heteroatoms. The van der Waals surface area contributed by atoms with E-state index in [2.05, 4.69) is 5.16 Å². The topological polar surface area (TPSA) is 47.9 Å². The van der Waals surface area contributed by atoms with Crippen molar-refractivity contribution in [2.75, 3.05) is 7.11 Å². The largest absolute Gasteiger partial charge is 0.497 e. The highest BCUT2D eigenvalue weighted by Gasteiger charge is 2.41. The third kappa shape index (κ3) is 4.54. The summed E-state index contributed by atoms with van der Waals surface area (Å²) < 4.78 is 5.25. The van der Waals surface area contributed by atoms with Crippen LogP contribution >= 0.6 is 11.6 Å². The molecule has 2 unspecified atom stereocenters. The van der Waals surface area contributed by atoms with Crippen molar-refractivity contribution in [1.82, 2.24) is 0 Å². The van der Waals surface area contributed by atoms with E-state index in [1.807, 2.05) is 79.7 Å². The minimum absolute atomic E-state index is 0.0316. The summed E-state index contributed by atoms with van der Waals surface area (Å²) in [6.45, 7) is 1.83. The van der Waals surface area contributed by atoms with E-state index in [1.54, 1.807) is 19.2 Å². The van der Waals surface area contributed by atoms with Gasteiger partial charge in [0.25, 0.3) is 0 Å². The number of allylic oxidation sites excluding steroid dienone is 1. The Morgan fingerprint density at radius 3 is 2.32 bits per heavy atom. The molecule has 0 saturated carbocycles. The van der Waals surface area contributed by atoms with Crippen molar-refractivity contribution in [2.24, 2.45) is 11.1 Å². The maximum Gasteiger partial charge on any atom is 0.172 e. The minimum Gasteiger partial charge on any atom is -0.497 e. The van der Waals surface area contributed by atoms with Crippen LogP contribution in [0.2, 0.25) is 5.02 Å². The van der Waals surface area contributed by atoms with Crippen LogP contribution in [-0.4, -0.2) is 18.6 Å². The Bertz CT molecular complexity index is 1120. The molecule has 0 aliphatic carbocycles. The molecular weight excluding hydrogens is 410 g/mol. The second-order valence-corrected chi connectivity index (χ2v) is 7.80. The van der Waals surface area contributed by atoms with Gasteiger partial charge in [-0.2, -0.15) is 0 Å². The number of oxime groups is 1. The number of hydrogen-bond donors (Lipinski definition) is 0. The number of benzene rings is 3. The first-order valence-electron chi connectivity index (χ1n) is 9.98. The second kappa shape index (κ2) is 9.19. The van der Waals surface area contributed by atoms with Gasteiger partial charge in [0.15, 0.2) is 11.9 Å². The van der Waals surface area contributed by atoms with Gasteiger partial charge in [-0.15, -0.1) is 0 Å². The van der Waals surface area contributed by atoms with Gasteiger partial charge in [-0.1, -0.05) is 71.4 Å². The Morgan fingerprint density at radius 2 is 1.68 bits per heavy atom. The van der Waals surface area contributed by atoms with Crippen LogP contribution in [0.15, 0.2) is 89.6 Å². The summed E-state index contributed by atoms with van der Waals surface area (Å²) in [5, 5.41) is 4.95. The Labute approximate surface area is 186 Å². The number of carbonyl (C=O) groups excluding carboxylic acids is 1. The maximum atomic E-state index is 13.6. The predicted molar refractivity (Wildman–Crippen MR) is 123 cm³/mol. The average Bonchev–Trinajstić information content (AvgIpc) is 3.24. The molecule has 0 amide bonds. The number of rotatable bonds is 6. The molecule has 0 bridgehead atoms. The van der Waals surface area contributed by atoms with Crippen LogP contribution in [0.4, 0.5) is 0 Å². The van der Waals surface area contributed by atoms with Gasteiger partial charge in [0, 0.05) is 10.6 Å². The lowest BCUT2D eigenvalue weighted by Crippen LogP contribution is -2.28. The number of nitrogens with zero attached hydrogens (tertiary/aromatic N) is 1. The number of ether oxygens (including phenoxy) is 1. The molecule has 0 aromatic heterocycles. The van der Waals surface area contributed by atoms with Gasteiger partial charge < -0.3 is 9.57 Å². The van der Waals surface area contributed by atoms with Crippen LogP contribution in [-0.2, 0) is 9.63 Å². The second-order valence-electron chi connectivity index (χ2n) is 7.36. The fourth-order valence-electron chi connectivity index (χ4n) is 3.65. The van der Waals surface area contributed by atoms with Crippen molar-refractivity contribution in [3.63, 3.8) is 0 Å². The minimum atomic E-state index is -0.575. The zero-order valence-electron chi connectivity index (χ0n) is 17.3. The van der Waals surface area contributed by atoms with Crippen molar-refractivity contribution in [3.05, 3.63) is 106 Å². The summed E-state index contributed by atoms with van der Waals surface area (Å²) >= 11 is 6.05. The first-order chi connectivity index (χ1) is 15.1. The summed E-state index contributed by atoms with van der Waals surface area (Å²) in [5.74, 6) is 0.133. The lowest BCUT2D eigenvalue weighted by atomic mass is 9.83. The fraction of sp³-hybridized carbons (Fsp3) is 0.154. The number of Topliss-reactive ketones (excluding diaryl/α,β-unsaturated/α-hetero) is 1.